The molecule has 1 rings (SSSR count). The van der Waals surface area contributed by atoms with Crippen LogP contribution in [0.5, 0.6) is 0 Å². The molecular formula is C12H17. The number of benzene rings is 1. The average molecular weight is 161 g/mol. The Hall–Kier alpha value is -0.780. The van der Waals surface area contributed by atoms with Gasteiger partial charge in [0.2, 0.25) is 0 Å². The lowest BCUT2D eigenvalue weighted by Gasteiger charge is -2.15. The number of hydrogen-bond donors (Lipinski definition) is 0. The quantitative estimate of drug-likeness (QED) is 0.591. The van der Waals surface area contributed by atoms with Crippen molar-refractivity contribution in [3.05, 3.63) is 41.3 Å². The minimum absolute atomic E-state index is 0.393. The van der Waals surface area contributed by atoms with Gasteiger partial charge >= 0.3 is 0 Å². The summed E-state index contributed by atoms with van der Waals surface area (Å²) in [6.07, 6.45) is 0. The predicted molar refractivity (Wildman–Crippen MR) is 54.4 cm³/mol. The van der Waals surface area contributed by atoms with Crippen molar-refractivity contribution in [1.82, 2.24) is 0 Å². The van der Waals surface area contributed by atoms with Crippen molar-refractivity contribution in [2.75, 3.05) is 0 Å². The summed E-state index contributed by atoms with van der Waals surface area (Å²) < 4.78 is 0. The van der Waals surface area contributed by atoms with Gasteiger partial charge in [0, 0.05) is 0 Å². The summed E-state index contributed by atoms with van der Waals surface area (Å²) >= 11 is 0. The molecule has 0 saturated carbocycles. The predicted octanol–water partition coefficient (Wildman–Crippen LogP) is 3.55. The second-order valence-corrected chi connectivity index (χ2v) is 3.64. The van der Waals surface area contributed by atoms with Crippen LogP contribution in [0, 0.1) is 27.7 Å². The van der Waals surface area contributed by atoms with Gasteiger partial charge in [-0.15, -0.1) is 0 Å². The lowest BCUT2D eigenvalue weighted by molar-refractivity contribution is 0.928. The Balaban J connectivity index is 3.33. The molecule has 1 atom stereocenters. The maximum Gasteiger partial charge on any atom is -0.0185 e. The molecule has 1 aromatic carbocycles. The Labute approximate surface area is 75.6 Å². The SMILES string of the molecule is [CH2]C(C)c1c(C)ccc(C)c1C. The van der Waals surface area contributed by atoms with E-state index in [-0.39, 0.29) is 0 Å². The van der Waals surface area contributed by atoms with Gasteiger partial charge in [0.25, 0.3) is 0 Å². The summed E-state index contributed by atoms with van der Waals surface area (Å²) in [7, 11) is 0. The van der Waals surface area contributed by atoms with Crippen LogP contribution in [0.1, 0.15) is 35.1 Å². The average Bonchev–Trinajstić information content (AvgIpc) is 1.97. The van der Waals surface area contributed by atoms with Crippen LogP contribution in [0.25, 0.3) is 0 Å². The monoisotopic (exact) mass is 161 g/mol. The van der Waals surface area contributed by atoms with Gasteiger partial charge in [-0.05, 0) is 55.9 Å². The lowest BCUT2D eigenvalue weighted by Crippen LogP contribution is -1.98. The standard InChI is InChI=1S/C12H17/c1-8(2)12-10(4)7-6-9(3)11(12)5/h6-8H,1H2,2-5H3. The zero-order valence-electron chi connectivity index (χ0n) is 8.44. The van der Waals surface area contributed by atoms with Gasteiger partial charge in [-0.1, -0.05) is 19.1 Å². The number of rotatable bonds is 1. The molecule has 0 amide bonds. The van der Waals surface area contributed by atoms with Crippen molar-refractivity contribution in [1.29, 1.82) is 0 Å². The van der Waals surface area contributed by atoms with E-state index in [0.29, 0.717) is 5.92 Å². The summed E-state index contributed by atoms with van der Waals surface area (Å²) in [5.74, 6) is 0.393. The first-order valence-electron chi connectivity index (χ1n) is 4.43. The van der Waals surface area contributed by atoms with Gasteiger partial charge < -0.3 is 0 Å². The molecular weight excluding hydrogens is 144 g/mol. The molecule has 12 heavy (non-hydrogen) atoms. The van der Waals surface area contributed by atoms with Gasteiger partial charge in [-0.2, -0.15) is 0 Å². The highest BCUT2D eigenvalue weighted by Crippen LogP contribution is 2.24. The van der Waals surface area contributed by atoms with E-state index >= 15 is 0 Å². The molecule has 0 nitrogen and oxygen atoms in total. The molecule has 0 N–H and O–H groups in total. The molecule has 0 aliphatic carbocycles. The first kappa shape index (κ1) is 9.31. The van der Waals surface area contributed by atoms with Crippen molar-refractivity contribution >= 4 is 0 Å². The Morgan fingerprint density at radius 1 is 1.08 bits per heavy atom. The minimum atomic E-state index is 0.393. The van der Waals surface area contributed by atoms with E-state index in [0.717, 1.165) is 0 Å². The van der Waals surface area contributed by atoms with Crippen LogP contribution in [0.4, 0.5) is 0 Å². The van der Waals surface area contributed by atoms with Crippen molar-refractivity contribution < 1.29 is 0 Å². The molecule has 0 aliphatic rings. The third kappa shape index (κ3) is 1.52. The highest BCUT2D eigenvalue weighted by Gasteiger charge is 2.07. The molecule has 1 radical (unpaired) electrons. The molecule has 0 aromatic heterocycles. The fraction of sp³-hybridized carbons (Fsp3) is 0.417. The highest BCUT2D eigenvalue weighted by molar-refractivity contribution is 5.41. The number of hydrogen-bond acceptors (Lipinski definition) is 0. The van der Waals surface area contributed by atoms with Crippen LogP contribution >= 0.6 is 0 Å². The van der Waals surface area contributed by atoms with Crippen molar-refractivity contribution in [2.24, 2.45) is 0 Å². The summed E-state index contributed by atoms with van der Waals surface area (Å²) in [5, 5.41) is 0. The number of aryl methyl sites for hydroxylation is 2. The third-order valence-corrected chi connectivity index (χ3v) is 2.50. The molecule has 0 spiro atoms. The zero-order valence-corrected chi connectivity index (χ0v) is 8.44. The Morgan fingerprint density at radius 3 is 2.00 bits per heavy atom. The van der Waals surface area contributed by atoms with Crippen LogP contribution in [0.3, 0.4) is 0 Å². The molecule has 0 fully saturated rings. The largest absolute Gasteiger partial charge is 0.0588 e. The molecule has 65 valence electrons. The fourth-order valence-corrected chi connectivity index (χ4v) is 1.73. The molecule has 0 heteroatoms. The van der Waals surface area contributed by atoms with Crippen LogP contribution < -0.4 is 0 Å². The van der Waals surface area contributed by atoms with E-state index in [1.165, 1.54) is 22.3 Å². The van der Waals surface area contributed by atoms with Gasteiger partial charge in [0.05, 0.1) is 0 Å². The highest BCUT2D eigenvalue weighted by atomic mass is 14.1. The normalized spacial score (nSPS) is 10.8. The fourth-order valence-electron chi connectivity index (χ4n) is 1.73. The van der Waals surface area contributed by atoms with Crippen molar-refractivity contribution in [2.45, 2.75) is 33.6 Å². The first-order chi connectivity index (χ1) is 5.54. The maximum atomic E-state index is 4.07. The van der Waals surface area contributed by atoms with Crippen molar-refractivity contribution in [3.63, 3.8) is 0 Å². The van der Waals surface area contributed by atoms with Crippen LogP contribution in [-0.2, 0) is 0 Å². The smallest absolute Gasteiger partial charge is 0.0185 e. The molecule has 0 heterocycles. The van der Waals surface area contributed by atoms with Crippen LogP contribution in [0.15, 0.2) is 12.1 Å². The van der Waals surface area contributed by atoms with Gasteiger partial charge in [-0.25, -0.2) is 0 Å². The van der Waals surface area contributed by atoms with Gasteiger partial charge in [0.15, 0.2) is 0 Å². The van der Waals surface area contributed by atoms with E-state index in [9.17, 15) is 0 Å². The Kier molecular flexibility index (Phi) is 2.56. The molecule has 0 aliphatic heterocycles. The van der Waals surface area contributed by atoms with E-state index in [2.05, 4.69) is 46.8 Å². The van der Waals surface area contributed by atoms with Crippen LogP contribution in [-0.4, -0.2) is 0 Å². The summed E-state index contributed by atoms with van der Waals surface area (Å²) in [6.45, 7) is 12.7. The Bertz CT molecular complexity index is 282. The summed E-state index contributed by atoms with van der Waals surface area (Å²) in [6, 6.07) is 4.36. The minimum Gasteiger partial charge on any atom is -0.0588 e. The summed E-state index contributed by atoms with van der Waals surface area (Å²) in [5.41, 5.74) is 5.54. The topological polar surface area (TPSA) is 0 Å². The second kappa shape index (κ2) is 3.30. The molecule has 0 saturated heterocycles. The van der Waals surface area contributed by atoms with Gasteiger partial charge in [0.1, 0.15) is 0 Å². The van der Waals surface area contributed by atoms with Gasteiger partial charge in [-0.3, -0.25) is 0 Å². The zero-order chi connectivity index (χ0) is 9.30. The van der Waals surface area contributed by atoms with E-state index in [4.69, 9.17) is 0 Å². The lowest BCUT2D eigenvalue weighted by atomic mass is 9.91. The maximum absolute atomic E-state index is 4.07. The third-order valence-electron chi connectivity index (χ3n) is 2.50. The van der Waals surface area contributed by atoms with E-state index in [1.54, 1.807) is 0 Å². The van der Waals surface area contributed by atoms with Crippen LogP contribution in [0.2, 0.25) is 0 Å². The Morgan fingerprint density at radius 2 is 1.58 bits per heavy atom. The molecule has 0 bridgehead atoms. The van der Waals surface area contributed by atoms with E-state index in [1.807, 2.05) is 0 Å². The van der Waals surface area contributed by atoms with E-state index < -0.39 is 0 Å². The second-order valence-electron chi connectivity index (χ2n) is 3.64. The first-order valence-corrected chi connectivity index (χ1v) is 4.43. The molecule has 1 aromatic rings. The summed E-state index contributed by atoms with van der Waals surface area (Å²) in [4.78, 5) is 0. The van der Waals surface area contributed by atoms with Crippen molar-refractivity contribution in [3.8, 4) is 0 Å². The molecule has 1 unspecified atom stereocenters.